The molecule has 0 fully saturated rings. The molecule has 1 amide bonds. The highest BCUT2D eigenvalue weighted by atomic mass is 35.5. The highest BCUT2D eigenvalue weighted by Crippen LogP contribution is 2.37. The molecule has 3 aromatic rings. The number of halogens is 2. The van der Waals surface area contributed by atoms with Crippen LogP contribution >= 0.6 is 23.2 Å². The highest BCUT2D eigenvalue weighted by molar-refractivity contribution is 7.94. The zero-order chi connectivity index (χ0) is 25.9. The predicted octanol–water partition coefficient (Wildman–Crippen LogP) is 4.83. The lowest BCUT2D eigenvalue weighted by molar-refractivity contribution is 0.203. The van der Waals surface area contributed by atoms with Gasteiger partial charge >= 0.3 is 11.7 Å². The van der Waals surface area contributed by atoms with Crippen LogP contribution in [0.4, 0.5) is 10.5 Å². The van der Waals surface area contributed by atoms with Crippen LogP contribution in [-0.2, 0) is 23.0 Å². The summed E-state index contributed by atoms with van der Waals surface area (Å²) in [5.41, 5.74) is 1.18. The third-order valence-electron chi connectivity index (χ3n) is 5.08. The SMILES string of the molecule is CCS(=O)(=O)[N-]c1cccc(Cc2c(CN(C)C)c3cc(Cl)c(OC(=O)NC)cc3oc2=O)c1Cl. The number of nitrogens with one attached hydrogen (secondary N) is 1. The number of rotatable bonds is 8. The molecular weight excluding hydrogens is 517 g/mol. The smallest absolute Gasteiger partial charge is 0.412 e. The van der Waals surface area contributed by atoms with Gasteiger partial charge in [0.1, 0.15) is 5.58 Å². The number of amides is 1. The van der Waals surface area contributed by atoms with Gasteiger partial charge in [0.15, 0.2) is 5.75 Å². The van der Waals surface area contributed by atoms with E-state index >= 15 is 0 Å². The second-order valence-electron chi connectivity index (χ2n) is 7.89. The van der Waals surface area contributed by atoms with Gasteiger partial charge in [0, 0.05) is 47.8 Å². The average molecular weight is 541 g/mol. The number of benzene rings is 2. The summed E-state index contributed by atoms with van der Waals surface area (Å²) in [6.45, 7) is 1.86. The molecule has 0 aliphatic carbocycles. The van der Waals surface area contributed by atoms with Gasteiger partial charge in [-0.15, -0.1) is 5.69 Å². The summed E-state index contributed by atoms with van der Waals surface area (Å²) in [5, 5.41) is 3.18. The van der Waals surface area contributed by atoms with Crippen molar-refractivity contribution in [1.29, 1.82) is 0 Å². The molecule has 0 atom stereocenters. The van der Waals surface area contributed by atoms with E-state index in [-0.39, 0.29) is 39.2 Å². The molecule has 1 aromatic heterocycles. The fourth-order valence-corrected chi connectivity index (χ4v) is 4.45. The van der Waals surface area contributed by atoms with E-state index in [1.807, 2.05) is 19.0 Å². The van der Waals surface area contributed by atoms with Crippen molar-refractivity contribution in [2.45, 2.75) is 19.9 Å². The van der Waals surface area contributed by atoms with Crippen LogP contribution in [0.2, 0.25) is 10.0 Å². The Kier molecular flexibility index (Phi) is 8.32. The largest absolute Gasteiger partial charge is 0.576 e. The minimum Gasteiger partial charge on any atom is -0.576 e. The number of nitrogens with zero attached hydrogens (tertiary/aromatic N) is 2. The molecule has 0 aliphatic heterocycles. The first kappa shape index (κ1) is 26.8. The van der Waals surface area contributed by atoms with Gasteiger partial charge in [0.05, 0.1) is 15.0 Å². The molecule has 12 heteroatoms. The van der Waals surface area contributed by atoms with Gasteiger partial charge in [0.2, 0.25) is 0 Å². The zero-order valence-corrected chi connectivity index (χ0v) is 21.8. The summed E-state index contributed by atoms with van der Waals surface area (Å²) in [6.07, 6.45) is -0.645. The van der Waals surface area contributed by atoms with Crippen molar-refractivity contribution in [3.05, 3.63) is 72.2 Å². The average Bonchev–Trinajstić information content (AvgIpc) is 2.79. The van der Waals surface area contributed by atoms with Gasteiger partial charge in [0.25, 0.3) is 0 Å². The van der Waals surface area contributed by atoms with E-state index in [0.717, 1.165) is 0 Å². The summed E-state index contributed by atoms with van der Waals surface area (Å²) >= 11 is 12.8. The van der Waals surface area contributed by atoms with Crippen molar-refractivity contribution >= 4 is 56.0 Å². The van der Waals surface area contributed by atoms with Crippen LogP contribution in [-0.4, -0.2) is 46.3 Å². The first-order valence-corrected chi connectivity index (χ1v) is 12.9. The number of carbonyl (C=O) groups is 1. The van der Waals surface area contributed by atoms with E-state index < -0.39 is 21.7 Å². The van der Waals surface area contributed by atoms with E-state index in [1.54, 1.807) is 18.2 Å². The van der Waals surface area contributed by atoms with Crippen LogP contribution < -0.4 is 15.7 Å². The molecule has 1 N–H and O–H groups in total. The fourth-order valence-electron chi connectivity index (χ4n) is 3.39. The predicted molar refractivity (Wildman–Crippen MR) is 137 cm³/mol. The monoisotopic (exact) mass is 540 g/mol. The molecule has 1 heterocycles. The zero-order valence-electron chi connectivity index (χ0n) is 19.5. The van der Waals surface area contributed by atoms with Crippen LogP contribution in [0.5, 0.6) is 5.75 Å². The van der Waals surface area contributed by atoms with E-state index in [4.69, 9.17) is 32.4 Å². The van der Waals surface area contributed by atoms with Crippen molar-refractivity contribution in [2.75, 3.05) is 26.9 Å². The minimum absolute atomic E-state index is 0.0414. The van der Waals surface area contributed by atoms with Gasteiger partial charge < -0.3 is 24.1 Å². The third kappa shape index (κ3) is 6.26. The van der Waals surface area contributed by atoms with E-state index in [2.05, 4.69) is 10.0 Å². The molecule has 0 radical (unpaired) electrons. The van der Waals surface area contributed by atoms with Gasteiger partial charge in [-0.05, 0) is 31.3 Å². The molecule has 3 rings (SSSR count). The number of ether oxygens (including phenoxy) is 1. The van der Waals surface area contributed by atoms with Crippen molar-refractivity contribution < 1.29 is 22.4 Å². The van der Waals surface area contributed by atoms with Crippen molar-refractivity contribution in [2.24, 2.45) is 0 Å². The second-order valence-corrected chi connectivity index (χ2v) is 10.6. The molecule has 35 heavy (non-hydrogen) atoms. The Bertz CT molecular complexity index is 1440. The summed E-state index contributed by atoms with van der Waals surface area (Å²) in [6, 6.07) is 7.77. The highest BCUT2D eigenvalue weighted by Gasteiger charge is 2.20. The lowest BCUT2D eigenvalue weighted by atomic mass is 9.97. The number of carbonyl (C=O) groups excluding carboxylic acids is 1. The lowest BCUT2D eigenvalue weighted by Crippen LogP contribution is -2.22. The van der Waals surface area contributed by atoms with Crippen molar-refractivity contribution in [1.82, 2.24) is 10.2 Å². The topological polar surface area (TPSA) is 120 Å². The first-order chi connectivity index (χ1) is 16.5. The number of hydrogen-bond acceptors (Lipinski definition) is 7. The maximum absolute atomic E-state index is 13.1. The molecule has 0 unspecified atom stereocenters. The fraction of sp³-hybridized carbons (Fsp3) is 0.304. The second kappa shape index (κ2) is 10.9. The Morgan fingerprint density at radius 1 is 1.20 bits per heavy atom. The summed E-state index contributed by atoms with van der Waals surface area (Å²) in [7, 11) is 1.43. The quantitative estimate of drug-likeness (QED) is 0.406. The molecule has 0 bridgehead atoms. The third-order valence-corrected chi connectivity index (χ3v) is 7.02. The van der Waals surface area contributed by atoms with Crippen LogP contribution in [0.15, 0.2) is 39.5 Å². The van der Waals surface area contributed by atoms with Crippen molar-refractivity contribution in [3.8, 4) is 5.75 Å². The molecule has 2 aromatic carbocycles. The van der Waals surface area contributed by atoms with Crippen LogP contribution in [0.25, 0.3) is 15.7 Å². The molecule has 0 spiro atoms. The lowest BCUT2D eigenvalue weighted by Gasteiger charge is -2.24. The Balaban J connectivity index is 2.15. The maximum Gasteiger partial charge on any atom is 0.412 e. The van der Waals surface area contributed by atoms with Gasteiger partial charge in [-0.1, -0.05) is 48.3 Å². The van der Waals surface area contributed by atoms with Crippen molar-refractivity contribution in [3.63, 3.8) is 0 Å². The minimum atomic E-state index is -3.67. The number of fused-ring (bicyclic) bond motifs is 1. The van der Waals surface area contributed by atoms with Crippen LogP contribution in [0, 0.1) is 0 Å². The molecule has 9 nitrogen and oxygen atoms in total. The molecular formula is C23H24Cl2N3O6S-. The molecule has 188 valence electrons. The van der Waals surface area contributed by atoms with E-state index in [1.165, 1.54) is 26.1 Å². The Hall–Kier alpha value is -2.79. The number of hydrogen-bond donors (Lipinski definition) is 1. The van der Waals surface area contributed by atoms with Gasteiger partial charge in [-0.2, -0.15) is 0 Å². The maximum atomic E-state index is 13.1. The number of sulfonamides is 1. The Labute approximate surface area is 213 Å². The van der Waals surface area contributed by atoms with Crippen LogP contribution in [0.3, 0.4) is 0 Å². The standard InChI is InChI=1S/C23H24Cl2N3O6S/c1-5-35(31,32)27-18-8-6-7-13(21(18)25)9-15-16(12-28(3)4)14-10-17(24)20(34-23(30)26-2)11-19(14)33-22(15)29/h6-8,10-11H,5,9,12H2,1-4H3,(H,26,30)/q-1. The Morgan fingerprint density at radius 3 is 2.54 bits per heavy atom. The van der Waals surface area contributed by atoms with E-state index in [9.17, 15) is 18.0 Å². The van der Waals surface area contributed by atoms with Gasteiger partial charge in [-0.25, -0.2) is 18.0 Å². The van der Waals surface area contributed by atoms with Gasteiger partial charge in [-0.3, -0.25) is 0 Å². The summed E-state index contributed by atoms with van der Waals surface area (Å²) in [5.74, 6) is -0.124. The molecule has 0 saturated heterocycles. The molecule has 0 aliphatic rings. The molecule has 0 saturated carbocycles. The summed E-state index contributed by atoms with van der Waals surface area (Å²) < 4.78 is 38.4. The first-order valence-electron chi connectivity index (χ1n) is 10.5. The summed E-state index contributed by atoms with van der Waals surface area (Å²) in [4.78, 5) is 26.6. The normalized spacial score (nSPS) is 11.6. The van der Waals surface area contributed by atoms with E-state index in [0.29, 0.717) is 28.6 Å². The van der Waals surface area contributed by atoms with Crippen LogP contribution in [0.1, 0.15) is 23.6 Å². The Morgan fingerprint density at radius 2 is 1.91 bits per heavy atom.